The first-order valence-electron chi connectivity index (χ1n) is 9.67. The number of aromatic nitrogens is 1. The topological polar surface area (TPSA) is 80.8 Å². The van der Waals surface area contributed by atoms with Crippen LogP contribution in [0.3, 0.4) is 0 Å². The van der Waals surface area contributed by atoms with E-state index in [2.05, 4.69) is 9.47 Å². The van der Waals surface area contributed by atoms with E-state index in [-0.39, 0.29) is 17.5 Å². The Bertz CT molecular complexity index is 1080. The van der Waals surface area contributed by atoms with Crippen LogP contribution < -0.4 is 4.74 Å². The molecule has 7 nitrogen and oxygen atoms in total. The molecule has 0 bridgehead atoms. The molecule has 0 saturated heterocycles. The van der Waals surface area contributed by atoms with Crippen molar-refractivity contribution in [1.29, 1.82) is 0 Å². The molecule has 1 atom stereocenters. The highest BCUT2D eigenvalue weighted by molar-refractivity contribution is 6.31. The fraction of sp³-hybridized carbons (Fsp3) is 0.273. The number of fused-ring (bicyclic) bond motifs is 1. The van der Waals surface area contributed by atoms with Gasteiger partial charge in [-0.15, -0.1) is 0 Å². The minimum absolute atomic E-state index is 0.000862. The number of hydrogen-bond acceptors (Lipinski definition) is 5. The number of aromatic hydroxyl groups is 1. The zero-order valence-electron chi connectivity index (χ0n) is 16.5. The quantitative estimate of drug-likeness (QED) is 0.469. The Morgan fingerprint density at radius 3 is 2.83 bits per heavy atom. The van der Waals surface area contributed by atoms with Crippen molar-refractivity contribution in [3.63, 3.8) is 0 Å². The molecular formula is C22H22ClN3O4. The van der Waals surface area contributed by atoms with Gasteiger partial charge in [-0.1, -0.05) is 23.7 Å². The standard InChI is InChI=1S/C22H22ClN3O4/c1-30-20-7-2-5-15(22(20)27)14-25-12-4-11-24-10-3-6-19(24)21(25)17-13-16(26(28)29)8-9-18(17)23/h2-3,5-10,13,21,27H,4,11-12,14H2,1H3/t21-/m0/s1. The summed E-state index contributed by atoms with van der Waals surface area (Å²) in [5, 5.41) is 22.5. The first-order chi connectivity index (χ1) is 14.5. The zero-order valence-corrected chi connectivity index (χ0v) is 17.2. The van der Waals surface area contributed by atoms with Crippen LogP contribution in [-0.2, 0) is 13.1 Å². The van der Waals surface area contributed by atoms with E-state index in [1.807, 2.05) is 30.5 Å². The maximum absolute atomic E-state index is 11.4. The lowest BCUT2D eigenvalue weighted by Gasteiger charge is -2.31. The van der Waals surface area contributed by atoms with Gasteiger partial charge < -0.3 is 14.4 Å². The second-order valence-electron chi connectivity index (χ2n) is 7.28. The van der Waals surface area contributed by atoms with Gasteiger partial charge in [-0.3, -0.25) is 15.0 Å². The van der Waals surface area contributed by atoms with Gasteiger partial charge in [-0.05, 0) is 30.7 Å². The molecule has 2 aromatic carbocycles. The van der Waals surface area contributed by atoms with Crippen molar-refractivity contribution in [3.8, 4) is 11.5 Å². The van der Waals surface area contributed by atoms with Crippen LogP contribution in [0.25, 0.3) is 0 Å². The molecule has 0 saturated carbocycles. The number of rotatable bonds is 5. The SMILES string of the molecule is COc1cccc(CN2CCCn3cccc3[C@@H]2c2cc([N+](=O)[O-])ccc2Cl)c1O. The van der Waals surface area contributed by atoms with Crippen LogP contribution >= 0.6 is 11.6 Å². The first kappa shape index (κ1) is 20.3. The minimum Gasteiger partial charge on any atom is -0.504 e. The Morgan fingerprint density at radius 2 is 2.07 bits per heavy atom. The minimum atomic E-state index is -0.409. The first-order valence-corrected chi connectivity index (χ1v) is 10.0. The molecular weight excluding hydrogens is 406 g/mol. The van der Waals surface area contributed by atoms with E-state index in [4.69, 9.17) is 16.3 Å². The van der Waals surface area contributed by atoms with Gasteiger partial charge in [0, 0.05) is 59.8 Å². The Hall–Kier alpha value is -3.03. The van der Waals surface area contributed by atoms with Crippen LogP contribution in [0, 0.1) is 10.1 Å². The summed E-state index contributed by atoms with van der Waals surface area (Å²) in [5.74, 6) is 0.513. The normalized spacial score (nSPS) is 16.7. The number of nitro benzene ring substituents is 1. The number of nitro groups is 1. The highest BCUT2D eigenvalue weighted by atomic mass is 35.5. The van der Waals surface area contributed by atoms with Crippen molar-refractivity contribution in [3.05, 3.63) is 86.7 Å². The lowest BCUT2D eigenvalue weighted by atomic mass is 10.00. The number of methoxy groups -OCH3 is 1. The van der Waals surface area contributed by atoms with E-state index < -0.39 is 4.92 Å². The van der Waals surface area contributed by atoms with Gasteiger partial charge in [0.15, 0.2) is 11.5 Å². The van der Waals surface area contributed by atoms with Crippen molar-refractivity contribution >= 4 is 17.3 Å². The summed E-state index contributed by atoms with van der Waals surface area (Å²) in [6, 6.07) is 13.6. The van der Waals surface area contributed by atoms with Crippen LogP contribution in [0.2, 0.25) is 5.02 Å². The summed E-state index contributed by atoms with van der Waals surface area (Å²) in [6.07, 6.45) is 2.91. The molecule has 1 aliphatic rings. The van der Waals surface area contributed by atoms with Crippen molar-refractivity contribution in [2.45, 2.75) is 25.6 Å². The number of halogens is 1. The van der Waals surface area contributed by atoms with Crippen LogP contribution in [0.15, 0.2) is 54.7 Å². The van der Waals surface area contributed by atoms with Gasteiger partial charge in [0.2, 0.25) is 0 Å². The smallest absolute Gasteiger partial charge is 0.269 e. The van der Waals surface area contributed by atoms with Crippen molar-refractivity contribution in [2.75, 3.05) is 13.7 Å². The summed E-state index contributed by atoms with van der Waals surface area (Å²) in [7, 11) is 1.52. The summed E-state index contributed by atoms with van der Waals surface area (Å²) < 4.78 is 7.41. The third kappa shape index (κ3) is 3.74. The Balaban J connectivity index is 1.82. The molecule has 156 valence electrons. The maximum atomic E-state index is 11.4. The highest BCUT2D eigenvalue weighted by Gasteiger charge is 2.31. The van der Waals surface area contributed by atoms with Crippen molar-refractivity contribution in [2.24, 2.45) is 0 Å². The molecule has 0 fully saturated rings. The average molecular weight is 428 g/mol. The van der Waals surface area contributed by atoms with Gasteiger partial charge in [-0.2, -0.15) is 0 Å². The predicted molar refractivity (Wildman–Crippen MR) is 114 cm³/mol. The Labute approximate surface area is 179 Å². The summed E-state index contributed by atoms with van der Waals surface area (Å²) in [6.45, 7) is 2.02. The van der Waals surface area contributed by atoms with Crippen LogP contribution in [-0.4, -0.2) is 33.2 Å². The van der Waals surface area contributed by atoms with Crippen molar-refractivity contribution in [1.82, 2.24) is 9.47 Å². The van der Waals surface area contributed by atoms with E-state index in [0.29, 0.717) is 22.9 Å². The maximum Gasteiger partial charge on any atom is 0.269 e. The number of hydrogen-bond donors (Lipinski definition) is 1. The van der Waals surface area contributed by atoms with Crippen LogP contribution in [0.5, 0.6) is 11.5 Å². The lowest BCUT2D eigenvalue weighted by molar-refractivity contribution is -0.384. The van der Waals surface area contributed by atoms with E-state index in [0.717, 1.165) is 30.8 Å². The molecule has 0 radical (unpaired) electrons. The van der Waals surface area contributed by atoms with Crippen LogP contribution in [0.1, 0.15) is 29.3 Å². The number of phenols is 1. The Kier molecular flexibility index (Phi) is 5.65. The highest BCUT2D eigenvalue weighted by Crippen LogP contribution is 2.39. The number of nitrogens with zero attached hydrogens (tertiary/aromatic N) is 3. The largest absolute Gasteiger partial charge is 0.504 e. The second-order valence-corrected chi connectivity index (χ2v) is 7.69. The molecule has 0 unspecified atom stereocenters. The molecule has 8 heteroatoms. The summed E-state index contributed by atoms with van der Waals surface area (Å²) in [5.41, 5.74) is 2.41. The van der Waals surface area contributed by atoms with Gasteiger partial charge >= 0.3 is 0 Å². The number of para-hydroxylation sites is 1. The van der Waals surface area contributed by atoms with E-state index in [1.54, 1.807) is 18.2 Å². The summed E-state index contributed by atoms with van der Waals surface area (Å²) >= 11 is 6.54. The number of benzene rings is 2. The third-order valence-electron chi connectivity index (χ3n) is 5.52. The monoisotopic (exact) mass is 427 g/mol. The molecule has 1 aromatic heterocycles. The second kappa shape index (κ2) is 8.38. The summed E-state index contributed by atoms with van der Waals surface area (Å²) in [4.78, 5) is 13.2. The molecule has 0 aliphatic carbocycles. The molecule has 0 spiro atoms. The zero-order chi connectivity index (χ0) is 21.3. The molecule has 30 heavy (non-hydrogen) atoms. The Morgan fingerprint density at radius 1 is 1.23 bits per heavy atom. The van der Waals surface area contributed by atoms with Crippen LogP contribution in [0.4, 0.5) is 5.69 Å². The van der Waals surface area contributed by atoms with E-state index in [9.17, 15) is 15.2 Å². The van der Waals surface area contributed by atoms with Gasteiger partial charge in [0.1, 0.15) is 0 Å². The number of phenolic OH excluding ortho intramolecular Hbond substituents is 1. The molecule has 1 aliphatic heterocycles. The average Bonchev–Trinajstić information content (AvgIpc) is 3.12. The van der Waals surface area contributed by atoms with E-state index in [1.165, 1.54) is 13.2 Å². The molecule has 3 aromatic rings. The predicted octanol–water partition coefficient (Wildman–Crippen LogP) is 4.76. The van der Waals surface area contributed by atoms with E-state index >= 15 is 0 Å². The van der Waals surface area contributed by atoms with Gasteiger partial charge in [0.25, 0.3) is 5.69 Å². The number of non-ortho nitro benzene ring substituents is 1. The fourth-order valence-corrected chi connectivity index (χ4v) is 4.32. The molecule has 1 N–H and O–H groups in total. The fourth-order valence-electron chi connectivity index (χ4n) is 4.10. The third-order valence-corrected chi connectivity index (χ3v) is 5.86. The van der Waals surface area contributed by atoms with Gasteiger partial charge in [0.05, 0.1) is 18.1 Å². The van der Waals surface area contributed by atoms with Gasteiger partial charge in [-0.25, -0.2) is 0 Å². The number of aryl methyl sites for hydroxylation is 1. The molecule has 0 amide bonds. The lowest BCUT2D eigenvalue weighted by Crippen LogP contribution is -2.29. The molecule has 2 heterocycles. The molecule has 4 rings (SSSR count). The number of ether oxygens (including phenoxy) is 1. The van der Waals surface area contributed by atoms with Crippen molar-refractivity contribution < 1.29 is 14.8 Å².